The summed E-state index contributed by atoms with van der Waals surface area (Å²) in [5.41, 5.74) is 8.21. The summed E-state index contributed by atoms with van der Waals surface area (Å²) >= 11 is 0. The van der Waals surface area contributed by atoms with Crippen molar-refractivity contribution in [2.45, 2.75) is 20.0 Å². The summed E-state index contributed by atoms with van der Waals surface area (Å²) in [5, 5.41) is 12.9. The number of amides is 2. The number of nitrogens with one attached hydrogen (secondary N) is 2. The highest BCUT2D eigenvalue weighted by molar-refractivity contribution is 5.96. The smallest absolute Gasteiger partial charge is 0.275 e. The van der Waals surface area contributed by atoms with Crippen molar-refractivity contribution in [3.63, 3.8) is 0 Å². The third-order valence-electron chi connectivity index (χ3n) is 3.95. The number of aromatic nitrogens is 3. The fourth-order valence-corrected chi connectivity index (χ4v) is 2.53. The van der Waals surface area contributed by atoms with Crippen molar-refractivity contribution in [1.82, 2.24) is 20.3 Å². The number of anilines is 2. The molecule has 9 heteroatoms. The van der Waals surface area contributed by atoms with E-state index in [1.54, 1.807) is 18.2 Å². The van der Waals surface area contributed by atoms with Gasteiger partial charge in [-0.15, -0.1) is 5.10 Å². The maximum absolute atomic E-state index is 12.9. The van der Waals surface area contributed by atoms with Gasteiger partial charge in [0.15, 0.2) is 11.5 Å². The lowest BCUT2D eigenvalue weighted by molar-refractivity contribution is -0.116. The van der Waals surface area contributed by atoms with E-state index >= 15 is 0 Å². The number of halogens is 1. The summed E-state index contributed by atoms with van der Waals surface area (Å²) in [5.74, 6) is -1.25. The third kappa shape index (κ3) is 4.70. The van der Waals surface area contributed by atoms with Crippen molar-refractivity contribution in [2.24, 2.45) is 0 Å². The van der Waals surface area contributed by atoms with E-state index in [2.05, 4.69) is 20.9 Å². The molecule has 3 aromatic rings. The summed E-state index contributed by atoms with van der Waals surface area (Å²) in [7, 11) is 0. The molecule has 8 nitrogen and oxygen atoms in total. The molecule has 3 rings (SSSR count). The molecule has 2 aromatic carbocycles. The number of nitrogens with two attached hydrogens (primary N) is 1. The molecule has 1 heterocycles. The van der Waals surface area contributed by atoms with Crippen molar-refractivity contribution in [3.8, 4) is 0 Å². The Bertz CT molecular complexity index is 1000. The first-order valence-electron chi connectivity index (χ1n) is 8.50. The van der Waals surface area contributed by atoms with E-state index in [1.165, 1.54) is 12.1 Å². The van der Waals surface area contributed by atoms with Crippen molar-refractivity contribution in [1.29, 1.82) is 0 Å². The van der Waals surface area contributed by atoms with Gasteiger partial charge in [0.25, 0.3) is 5.91 Å². The highest BCUT2D eigenvalue weighted by Crippen LogP contribution is 2.11. The molecule has 0 spiro atoms. The van der Waals surface area contributed by atoms with E-state index in [1.807, 2.05) is 25.1 Å². The molecule has 144 valence electrons. The van der Waals surface area contributed by atoms with Crippen LogP contribution in [0.15, 0.2) is 48.5 Å². The van der Waals surface area contributed by atoms with Crippen LogP contribution in [0.3, 0.4) is 0 Å². The van der Waals surface area contributed by atoms with Crippen molar-refractivity contribution in [3.05, 3.63) is 71.2 Å². The lowest BCUT2D eigenvalue weighted by Gasteiger charge is -2.07. The Balaban J connectivity index is 1.60. The molecular formula is C19H19FN6O2. The fraction of sp³-hybridized carbons (Fsp3) is 0.158. The Morgan fingerprint density at radius 3 is 2.64 bits per heavy atom. The molecule has 0 bridgehead atoms. The fourth-order valence-electron chi connectivity index (χ4n) is 2.53. The monoisotopic (exact) mass is 382 g/mol. The Morgan fingerprint density at radius 2 is 1.93 bits per heavy atom. The van der Waals surface area contributed by atoms with Crippen LogP contribution in [0.25, 0.3) is 0 Å². The normalized spacial score (nSPS) is 10.5. The molecule has 0 atom stereocenters. The lowest BCUT2D eigenvalue weighted by atomic mass is 10.2. The molecule has 2 amide bonds. The van der Waals surface area contributed by atoms with E-state index in [-0.39, 0.29) is 36.3 Å². The first-order valence-corrected chi connectivity index (χ1v) is 8.50. The van der Waals surface area contributed by atoms with Crippen LogP contribution < -0.4 is 16.4 Å². The number of rotatable bonds is 6. The number of nitrogen functional groups attached to an aromatic ring is 1. The molecule has 0 fully saturated rings. The van der Waals surface area contributed by atoms with Gasteiger partial charge in [-0.3, -0.25) is 9.59 Å². The van der Waals surface area contributed by atoms with Crippen LogP contribution >= 0.6 is 0 Å². The summed E-state index contributed by atoms with van der Waals surface area (Å²) in [6, 6.07) is 13.1. The second-order valence-corrected chi connectivity index (χ2v) is 6.21. The predicted molar refractivity (Wildman–Crippen MR) is 102 cm³/mol. The average molecular weight is 382 g/mol. The Morgan fingerprint density at radius 1 is 1.18 bits per heavy atom. The van der Waals surface area contributed by atoms with Crippen LogP contribution in [0.2, 0.25) is 0 Å². The van der Waals surface area contributed by atoms with E-state index in [0.717, 1.165) is 15.8 Å². The largest absolute Gasteiger partial charge is 0.382 e. The highest BCUT2D eigenvalue weighted by Gasteiger charge is 2.18. The van der Waals surface area contributed by atoms with Gasteiger partial charge in [-0.05, 0) is 42.3 Å². The number of benzene rings is 2. The van der Waals surface area contributed by atoms with Crippen LogP contribution in [-0.4, -0.2) is 26.8 Å². The molecule has 0 saturated heterocycles. The van der Waals surface area contributed by atoms with Gasteiger partial charge in [-0.1, -0.05) is 29.5 Å². The van der Waals surface area contributed by atoms with Gasteiger partial charge in [0.05, 0.1) is 0 Å². The first-order chi connectivity index (χ1) is 13.4. The minimum absolute atomic E-state index is 0.0176. The lowest BCUT2D eigenvalue weighted by Crippen LogP contribution is -2.25. The van der Waals surface area contributed by atoms with Crippen LogP contribution in [-0.2, 0) is 17.9 Å². The number of carbonyl (C=O) groups is 2. The van der Waals surface area contributed by atoms with Gasteiger partial charge < -0.3 is 16.4 Å². The number of hydrogen-bond acceptors (Lipinski definition) is 5. The molecule has 1 aromatic heterocycles. The van der Waals surface area contributed by atoms with Gasteiger partial charge in [0.1, 0.15) is 12.4 Å². The van der Waals surface area contributed by atoms with Gasteiger partial charge in [-0.25, -0.2) is 9.07 Å². The van der Waals surface area contributed by atoms with E-state index < -0.39 is 5.91 Å². The van der Waals surface area contributed by atoms with Crippen molar-refractivity contribution < 1.29 is 14.0 Å². The van der Waals surface area contributed by atoms with Crippen LogP contribution in [0.1, 0.15) is 21.6 Å². The molecule has 0 radical (unpaired) electrons. The van der Waals surface area contributed by atoms with Crippen molar-refractivity contribution in [2.75, 3.05) is 11.1 Å². The van der Waals surface area contributed by atoms with Gasteiger partial charge >= 0.3 is 0 Å². The summed E-state index contributed by atoms with van der Waals surface area (Å²) in [4.78, 5) is 24.4. The topological polar surface area (TPSA) is 115 Å². The zero-order valence-electron chi connectivity index (χ0n) is 15.1. The molecule has 0 aliphatic rings. The summed E-state index contributed by atoms with van der Waals surface area (Å²) in [6.45, 7) is 1.92. The standard InChI is InChI=1S/C19H19FN6O2/c1-12-3-2-4-15(9-12)23-16(27)11-26-18(21)17(24-25-26)19(28)22-10-13-5-7-14(20)8-6-13/h2-9H,10-11,21H2,1H3,(H,22,28)(H,23,27). The predicted octanol–water partition coefficient (Wildman–Crippen LogP) is 1.88. The number of nitrogens with zero attached hydrogens (tertiary/aromatic N) is 3. The molecule has 28 heavy (non-hydrogen) atoms. The molecule has 0 unspecified atom stereocenters. The molecular weight excluding hydrogens is 363 g/mol. The summed E-state index contributed by atoms with van der Waals surface area (Å²) < 4.78 is 14.1. The Kier molecular flexibility index (Phi) is 5.64. The zero-order valence-corrected chi connectivity index (χ0v) is 15.1. The number of aryl methyl sites for hydroxylation is 1. The first kappa shape index (κ1) is 19.0. The zero-order chi connectivity index (χ0) is 20.1. The Hall–Kier alpha value is -3.75. The quantitative estimate of drug-likeness (QED) is 0.602. The minimum Gasteiger partial charge on any atom is -0.382 e. The van der Waals surface area contributed by atoms with Gasteiger partial charge in [-0.2, -0.15) is 0 Å². The van der Waals surface area contributed by atoms with E-state index in [0.29, 0.717) is 5.69 Å². The molecule has 0 saturated carbocycles. The minimum atomic E-state index is -0.535. The number of hydrogen-bond donors (Lipinski definition) is 3. The maximum atomic E-state index is 12.9. The third-order valence-corrected chi connectivity index (χ3v) is 3.95. The van der Waals surface area contributed by atoms with Crippen LogP contribution in [0.5, 0.6) is 0 Å². The summed E-state index contributed by atoms with van der Waals surface area (Å²) in [6.07, 6.45) is 0. The Labute approximate surface area is 160 Å². The van der Waals surface area contributed by atoms with Gasteiger partial charge in [0.2, 0.25) is 5.91 Å². The SMILES string of the molecule is Cc1cccc(NC(=O)Cn2nnc(C(=O)NCc3ccc(F)cc3)c2N)c1. The molecule has 4 N–H and O–H groups in total. The van der Waals surface area contributed by atoms with E-state index in [4.69, 9.17) is 5.73 Å². The van der Waals surface area contributed by atoms with Crippen LogP contribution in [0, 0.1) is 12.7 Å². The second kappa shape index (κ2) is 8.30. The molecule has 0 aliphatic carbocycles. The van der Waals surface area contributed by atoms with Crippen LogP contribution in [0.4, 0.5) is 15.9 Å². The average Bonchev–Trinajstić information content (AvgIpc) is 3.01. The second-order valence-electron chi connectivity index (χ2n) is 6.21. The van der Waals surface area contributed by atoms with Gasteiger partial charge in [0, 0.05) is 12.2 Å². The number of carbonyl (C=O) groups excluding carboxylic acids is 2. The maximum Gasteiger partial charge on any atom is 0.275 e. The highest BCUT2D eigenvalue weighted by atomic mass is 19.1. The van der Waals surface area contributed by atoms with Crippen molar-refractivity contribution >= 4 is 23.3 Å². The van der Waals surface area contributed by atoms with E-state index in [9.17, 15) is 14.0 Å². The molecule has 0 aliphatic heterocycles.